The van der Waals surface area contributed by atoms with Crippen LogP contribution in [0.15, 0.2) is 24.3 Å². The van der Waals surface area contributed by atoms with E-state index in [-0.39, 0.29) is 0 Å². The number of aryl methyl sites for hydroxylation is 1. The lowest BCUT2D eigenvalue weighted by Gasteiger charge is -2.17. The summed E-state index contributed by atoms with van der Waals surface area (Å²) in [4.78, 5) is 4.76. The van der Waals surface area contributed by atoms with Crippen molar-refractivity contribution < 1.29 is 0 Å². The fraction of sp³-hybridized carbons (Fsp3) is 0.533. The molecule has 1 heterocycles. The number of nitrogens with two attached hydrogens (primary N) is 1. The van der Waals surface area contributed by atoms with E-state index in [2.05, 4.69) is 36.7 Å². The fourth-order valence-corrected chi connectivity index (χ4v) is 3.18. The van der Waals surface area contributed by atoms with Gasteiger partial charge in [0.1, 0.15) is 5.82 Å². The molecule has 1 aromatic carbocycles. The summed E-state index contributed by atoms with van der Waals surface area (Å²) < 4.78 is 2.23. The normalized spacial score (nSPS) is 28.1. The Kier molecular flexibility index (Phi) is 2.86. The van der Waals surface area contributed by atoms with Crippen LogP contribution in [0.25, 0.3) is 11.0 Å². The van der Waals surface area contributed by atoms with E-state index in [1.165, 1.54) is 17.8 Å². The Morgan fingerprint density at radius 3 is 2.78 bits per heavy atom. The number of hydrogen-bond donors (Lipinski definition) is 1. The van der Waals surface area contributed by atoms with E-state index in [9.17, 15) is 0 Å². The fourth-order valence-electron chi connectivity index (χ4n) is 3.18. The van der Waals surface area contributed by atoms with E-state index < -0.39 is 0 Å². The lowest BCUT2D eigenvalue weighted by Crippen LogP contribution is -2.26. The Hall–Kier alpha value is -1.35. The molecule has 0 spiro atoms. The van der Waals surface area contributed by atoms with Crippen LogP contribution in [-0.4, -0.2) is 15.6 Å². The third-order valence-electron chi connectivity index (χ3n) is 4.61. The Morgan fingerprint density at radius 2 is 2.11 bits per heavy atom. The van der Waals surface area contributed by atoms with Gasteiger partial charge in [0.25, 0.3) is 0 Å². The summed E-state index contributed by atoms with van der Waals surface area (Å²) in [5.74, 6) is 2.50. The van der Waals surface area contributed by atoms with E-state index in [1.54, 1.807) is 0 Å². The third-order valence-corrected chi connectivity index (χ3v) is 4.61. The average Bonchev–Trinajstić information content (AvgIpc) is 2.86. The minimum atomic E-state index is 0.379. The summed E-state index contributed by atoms with van der Waals surface area (Å²) in [7, 11) is 2.12. The lowest BCUT2D eigenvalue weighted by molar-refractivity contribution is 0.382. The van der Waals surface area contributed by atoms with Crippen LogP contribution < -0.4 is 5.73 Å². The van der Waals surface area contributed by atoms with Crippen molar-refractivity contribution in [2.75, 3.05) is 0 Å². The number of hydrogen-bond acceptors (Lipinski definition) is 2. The molecule has 3 nitrogen and oxygen atoms in total. The van der Waals surface area contributed by atoms with Gasteiger partial charge in [0, 0.05) is 19.5 Å². The first-order valence-corrected chi connectivity index (χ1v) is 6.82. The Balaban J connectivity index is 1.89. The molecule has 0 saturated heterocycles. The number of imidazole rings is 1. The van der Waals surface area contributed by atoms with Gasteiger partial charge in [-0.05, 0) is 36.8 Å². The second-order valence-corrected chi connectivity index (χ2v) is 5.64. The molecule has 2 N–H and O–H groups in total. The second-order valence-electron chi connectivity index (χ2n) is 5.64. The topological polar surface area (TPSA) is 43.8 Å². The predicted octanol–water partition coefficient (Wildman–Crippen LogP) is 2.49. The van der Waals surface area contributed by atoms with Crippen molar-refractivity contribution in [1.82, 2.24) is 9.55 Å². The molecule has 2 aromatic rings. The minimum absolute atomic E-state index is 0.379. The van der Waals surface area contributed by atoms with Crippen LogP contribution in [0, 0.1) is 11.8 Å². The first kappa shape index (κ1) is 11.7. The lowest BCUT2D eigenvalue weighted by atomic mass is 9.93. The zero-order valence-electron chi connectivity index (χ0n) is 11.1. The molecule has 3 atom stereocenters. The van der Waals surface area contributed by atoms with Gasteiger partial charge in [-0.1, -0.05) is 19.1 Å². The standard InChI is InChI=1S/C15H21N3/c1-10-11(7-8-12(10)16)9-15-17-13-5-3-4-6-14(13)18(15)2/h3-6,10-12H,7-9,16H2,1-2H3. The van der Waals surface area contributed by atoms with Crippen LogP contribution in [0.4, 0.5) is 0 Å². The summed E-state index contributed by atoms with van der Waals surface area (Å²) in [6.07, 6.45) is 3.46. The summed E-state index contributed by atoms with van der Waals surface area (Å²) in [6.45, 7) is 2.28. The average molecular weight is 243 g/mol. The van der Waals surface area contributed by atoms with Crippen molar-refractivity contribution in [2.45, 2.75) is 32.2 Å². The van der Waals surface area contributed by atoms with E-state index >= 15 is 0 Å². The van der Waals surface area contributed by atoms with Gasteiger partial charge in [-0.25, -0.2) is 4.98 Å². The van der Waals surface area contributed by atoms with E-state index in [0.29, 0.717) is 17.9 Å². The van der Waals surface area contributed by atoms with Crippen molar-refractivity contribution >= 4 is 11.0 Å². The maximum Gasteiger partial charge on any atom is 0.109 e. The molecule has 3 heteroatoms. The highest BCUT2D eigenvalue weighted by molar-refractivity contribution is 5.75. The Labute approximate surface area is 108 Å². The summed E-state index contributed by atoms with van der Waals surface area (Å²) >= 11 is 0. The zero-order valence-corrected chi connectivity index (χ0v) is 11.1. The maximum absolute atomic E-state index is 6.11. The van der Waals surface area contributed by atoms with E-state index in [4.69, 9.17) is 10.7 Å². The van der Waals surface area contributed by atoms with E-state index in [1.807, 2.05) is 6.07 Å². The SMILES string of the molecule is CC1C(N)CCC1Cc1nc2ccccc2n1C. The van der Waals surface area contributed by atoms with Gasteiger partial charge in [-0.15, -0.1) is 0 Å². The van der Waals surface area contributed by atoms with Crippen molar-refractivity contribution in [2.24, 2.45) is 24.6 Å². The molecular formula is C15H21N3. The monoisotopic (exact) mass is 243 g/mol. The van der Waals surface area contributed by atoms with Crippen molar-refractivity contribution in [3.8, 4) is 0 Å². The molecule has 3 unspecified atom stereocenters. The number of aromatic nitrogens is 2. The van der Waals surface area contributed by atoms with Crippen LogP contribution >= 0.6 is 0 Å². The molecule has 18 heavy (non-hydrogen) atoms. The number of nitrogens with zero attached hydrogens (tertiary/aromatic N) is 2. The van der Waals surface area contributed by atoms with Gasteiger partial charge in [0.05, 0.1) is 11.0 Å². The van der Waals surface area contributed by atoms with Gasteiger partial charge in [-0.2, -0.15) is 0 Å². The third kappa shape index (κ3) is 1.83. The van der Waals surface area contributed by atoms with Crippen LogP contribution in [0.5, 0.6) is 0 Å². The van der Waals surface area contributed by atoms with E-state index in [0.717, 1.165) is 18.4 Å². The summed E-state index contributed by atoms with van der Waals surface area (Å²) in [5.41, 5.74) is 8.43. The predicted molar refractivity (Wildman–Crippen MR) is 74.3 cm³/mol. The number of benzene rings is 1. The van der Waals surface area contributed by atoms with Gasteiger partial charge < -0.3 is 10.3 Å². The molecule has 3 rings (SSSR count). The number of fused-ring (bicyclic) bond motifs is 1. The van der Waals surface area contributed by atoms with Crippen LogP contribution in [0.3, 0.4) is 0 Å². The maximum atomic E-state index is 6.11. The molecule has 1 fully saturated rings. The molecule has 1 aliphatic rings. The van der Waals surface area contributed by atoms with Crippen LogP contribution in [-0.2, 0) is 13.5 Å². The molecule has 0 bridgehead atoms. The molecule has 0 amide bonds. The van der Waals surface area contributed by atoms with Gasteiger partial charge >= 0.3 is 0 Å². The van der Waals surface area contributed by atoms with Crippen molar-refractivity contribution in [3.63, 3.8) is 0 Å². The molecule has 1 aliphatic carbocycles. The molecular weight excluding hydrogens is 222 g/mol. The highest BCUT2D eigenvalue weighted by Gasteiger charge is 2.31. The van der Waals surface area contributed by atoms with Gasteiger partial charge in [0.2, 0.25) is 0 Å². The largest absolute Gasteiger partial charge is 0.331 e. The molecule has 1 saturated carbocycles. The minimum Gasteiger partial charge on any atom is -0.331 e. The zero-order chi connectivity index (χ0) is 12.7. The van der Waals surface area contributed by atoms with Crippen LogP contribution in [0.2, 0.25) is 0 Å². The number of para-hydroxylation sites is 2. The Morgan fingerprint density at radius 1 is 1.33 bits per heavy atom. The summed E-state index contributed by atoms with van der Waals surface area (Å²) in [6, 6.07) is 8.72. The molecule has 96 valence electrons. The quantitative estimate of drug-likeness (QED) is 0.880. The molecule has 1 aromatic heterocycles. The second kappa shape index (κ2) is 4.39. The first-order valence-electron chi connectivity index (χ1n) is 6.82. The van der Waals surface area contributed by atoms with Gasteiger partial charge in [0.15, 0.2) is 0 Å². The smallest absolute Gasteiger partial charge is 0.109 e. The first-order chi connectivity index (χ1) is 8.66. The highest BCUT2D eigenvalue weighted by Crippen LogP contribution is 2.33. The van der Waals surface area contributed by atoms with Crippen LogP contribution in [0.1, 0.15) is 25.6 Å². The van der Waals surface area contributed by atoms with Crippen molar-refractivity contribution in [3.05, 3.63) is 30.1 Å². The summed E-state index contributed by atoms with van der Waals surface area (Å²) in [5, 5.41) is 0. The molecule has 0 radical (unpaired) electrons. The Bertz CT molecular complexity index is 558. The van der Waals surface area contributed by atoms with Gasteiger partial charge in [-0.3, -0.25) is 0 Å². The number of rotatable bonds is 2. The molecule has 0 aliphatic heterocycles. The van der Waals surface area contributed by atoms with Crippen molar-refractivity contribution in [1.29, 1.82) is 0 Å². The highest BCUT2D eigenvalue weighted by atomic mass is 15.1.